The molecule has 0 saturated carbocycles. The number of aryl methyl sites for hydroxylation is 1. The fourth-order valence-electron chi connectivity index (χ4n) is 3.42. The van der Waals surface area contributed by atoms with Crippen LogP contribution in [0.5, 0.6) is 0 Å². The van der Waals surface area contributed by atoms with Crippen LogP contribution < -0.4 is 10.5 Å². The SMILES string of the molecule is Cc1cc(CNS(=O)(=O)c2ccc3ccccc3c2)nn1Cc1cccc(C(=N)N)c1. The van der Waals surface area contributed by atoms with E-state index in [4.69, 9.17) is 11.1 Å². The van der Waals surface area contributed by atoms with Crippen LogP contribution in [0, 0.1) is 12.3 Å². The fraction of sp³-hybridized carbons (Fsp3) is 0.130. The summed E-state index contributed by atoms with van der Waals surface area (Å²) in [5.74, 6) is 0.0165. The minimum absolute atomic E-state index is 0.0165. The van der Waals surface area contributed by atoms with E-state index in [0.29, 0.717) is 17.8 Å². The first kappa shape index (κ1) is 20.8. The van der Waals surface area contributed by atoms with Crippen LogP contribution in [0.15, 0.2) is 77.7 Å². The van der Waals surface area contributed by atoms with Crippen molar-refractivity contribution < 1.29 is 8.42 Å². The normalized spacial score (nSPS) is 11.6. The van der Waals surface area contributed by atoms with Gasteiger partial charge in [-0.05, 0) is 47.5 Å². The number of sulfonamides is 1. The number of nitrogens with zero attached hydrogens (tertiary/aromatic N) is 2. The topological polar surface area (TPSA) is 114 Å². The van der Waals surface area contributed by atoms with Crippen LogP contribution in [0.25, 0.3) is 10.8 Å². The van der Waals surface area contributed by atoms with Gasteiger partial charge in [-0.2, -0.15) is 5.10 Å². The second-order valence-corrected chi connectivity index (χ2v) is 9.15. The van der Waals surface area contributed by atoms with Crippen LogP contribution in [0.2, 0.25) is 0 Å². The lowest BCUT2D eigenvalue weighted by Crippen LogP contribution is -2.23. The van der Waals surface area contributed by atoms with E-state index in [1.54, 1.807) is 28.9 Å². The maximum absolute atomic E-state index is 12.8. The van der Waals surface area contributed by atoms with Crippen molar-refractivity contribution in [2.24, 2.45) is 5.73 Å². The first-order valence-electron chi connectivity index (χ1n) is 9.77. The van der Waals surface area contributed by atoms with Gasteiger partial charge in [-0.25, -0.2) is 13.1 Å². The summed E-state index contributed by atoms with van der Waals surface area (Å²) in [6, 6.07) is 22.0. The summed E-state index contributed by atoms with van der Waals surface area (Å²) in [6.07, 6.45) is 0. The number of hydrogen-bond donors (Lipinski definition) is 3. The number of rotatable bonds is 7. The third-order valence-corrected chi connectivity index (χ3v) is 6.48. The van der Waals surface area contributed by atoms with E-state index in [1.807, 2.05) is 55.5 Å². The molecule has 0 saturated heterocycles. The predicted molar refractivity (Wildman–Crippen MR) is 121 cm³/mol. The number of aromatic nitrogens is 2. The van der Waals surface area contributed by atoms with Gasteiger partial charge < -0.3 is 5.73 Å². The van der Waals surface area contributed by atoms with Crippen LogP contribution in [0.4, 0.5) is 0 Å². The summed E-state index contributed by atoms with van der Waals surface area (Å²) in [7, 11) is -3.66. The van der Waals surface area contributed by atoms with Gasteiger partial charge >= 0.3 is 0 Å². The summed E-state index contributed by atoms with van der Waals surface area (Å²) >= 11 is 0. The van der Waals surface area contributed by atoms with E-state index < -0.39 is 10.0 Å². The van der Waals surface area contributed by atoms with Crippen LogP contribution in [-0.4, -0.2) is 24.0 Å². The molecule has 1 heterocycles. The fourth-order valence-corrected chi connectivity index (χ4v) is 4.46. The Bertz CT molecular complexity index is 1380. The van der Waals surface area contributed by atoms with Crippen molar-refractivity contribution in [1.29, 1.82) is 5.41 Å². The van der Waals surface area contributed by atoms with Crippen LogP contribution in [-0.2, 0) is 23.1 Å². The molecule has 8 heteroatoms. The molecule has 0 amide bonds. The van der Waals surface area contributed by atoms with E-state index in [2.05, 4.69) is 9.82 Å². The van der Waals surface area contributed by atoms with Crippen LogP contribution in [0.3, 0.4) is 0 Å². The molecule has 0 spiro atoms. The standard InChI is InChI=1S/C23H23N5O2S/c1-16-11-21(27-28(16)15-17-5-4-8-20(12-17)23(24)25)14-26-31(29,30)22-10-9-18-6-2-3-7-19(18)13-22/h2-13,26H,14-15H2,1H3,(H3,24,25). The Morgan fingerprint density at radius 1 is 1.03 bits per heavy atom. The molecule has 4 N–H and O–H groups in total. The third kappa shape index (κ3) is 4.65. The molecule has 0 radical (unpaired) electrons. The van der Waals surface area contributed by atoms with Gasteiger partial charge in [-0.1, -0.05) is 48.5 Å². The molecule has 0 atom stereocenters. The van der Waals surface area contributed by atoms with E-state index in [-0.39, 0.29) is 17.3 Å². The van der Waals surface area contributed by atoms with Gasteiger partial charge in [0.05, 0.1) is 23.7 Å². The first-order valence-corrected chi connectivity index (χ1v) is 11.3. The van der Waals surface area contributed by atoms with E-state index in [9.17, 15) is 8.42 Å². The Kier molecular flexibility index (Phi) is 5.58. The molecule has 158 valence electrons. The number of benzene rings is 3. The van der Waals surface area contributed by atoms with E-state index in [0.717, 1.165) is 22.0 Å². The molecule has 0 aliphatic rings. The molecule has 3 aromatic carbocycles. The summed E-state index contributed by atoms with van der Waals surface area (Å²) in [5, 5.41) is 14.0. The van der Waals surface area contributed by atoms with Gasteiger partial charge in [0, 0.05) is 11.3 Å². The first-order chi connectivity index (χ1) is 14.8. The highest BCUT2D eigenvalue weighted by Crippen LogP contribution is 2.19. The van der Waals surface area contributed by atoms with Gasteiger partial charge in [0.1, 0.15) is 5.84 Å². The lowest BCUT2D eigenvalue weighted by Gasteiger charge is -2.07. The van der Waals surface area contributed by atoms with E-state index in [1.165, 1.54) is 0 Å². The lowest BCUT2D eigenvalue weighted by molar-refractivity contribution is 0.578. The Morgan fingerprint density at radius 3 is 2.58 bits per heavy atom. The summed E-state index contributed by atoms with van der Waals surface area (Å²) in [4.78, 5) is 0.225. The minimum atomic E-state index is -3.66. The number of hydrogen-bond acceptors (Lipinski definition) is 4. The van der Waals surface area contributed by atoms with Crippen LogP contribution >= 0.6 is 0 Å². The molecule has 7 nitrogen and oxygen atoms in total. The predicted octanol–water partition coefficient (Wildman–Crippen LogP) is 3.16. The van der Waals surface area contributed by atoms with Crippen molar-refractivity contribution in [3.63, 3.8) is 0 Å². The van der Waals surface area contributed by atoms with Gasteiger partial charge in [0.25, 0.3) is 0 Å². The van der Waals surface area contributed by atoms with Crippen molar-refractivity contribution in [3.05, 3.63) is 95.3 Å². The van der Waals surface area contributed by atoms with Crippen molar-refractivity contribution >= 4 is 26.6 Å². The number of nitrogen functional groups attached to an aromatic ring is 1. The maximum atomic E-state index is 12.8. The zero-order chi connectivity index (χ0) is 22.0. The summed E-state index contributed by atoms with van der Waals surface area (Å²) < 4.78 is 30.0. The largest absolute Gasteiger partial charge is 0.384 e. The third-order valence-electron chi connectivity index (χ3n) is 5.08. The highest BCUT2D eigenvalue weighted by Gasteiger charge is 2.15. The van der Waals surface area contributed by atoms with Gasteiger partial charge in [-0.3, -0.25) is 10.1 Å². The van der Waals surface area contributed by atoms with Crippen molar-refractivity contribution in [1.82, 2.24) is 14.5 Å². The van der Waals surface area contributed by atoms with Gasteiger partial charge in [-0.15, -0.1) is 0 Å². The summed E-state index contributed by atoms with van der Waals surface area (Å²) in [5.41, 5.74) is 8.72. The number of nitrogens with two attached hydrogens (primary N) is 1. The minimum Gasteiger partial charge on any atom is -0.384 e. The molecule has 1 aromatic heterocycles. The Labute approximate surface area is 181 Å². The van der Waals surface area contributed by atoms with Crippen molar-refractivity contribution in [3.8, 4) is 0 Å². The molecular formula is C23H23N5O2S. The molecule has 0 fully saturated rings. The van der Waals surface area contributed by atoms with Gasteiger partial charge in [0.15, 0.2) is 0 Å². The number of amidine groups is 1. The van der Waals surface area contributed by atoms with Crippen LogP contribution in [0.1, 0.15) is 22.5 Å². The average molecular weight is 434 g/mol. The van der Waals surface area contributed by atoms with Gasteiger partial charge in [0.2, 0.25) is 10.0 Å². The monoisotopic (exact) mass is 433 g/mol. The van der Waals surface area contributed by atoms with E-state index >= 15 is 0 Å². The zero-order valence-electron chi connectivity index (χ0n) is 17.0. The highest BCUT2D eigenvalue weighted by atomic mass is 32.2. The molecule has 0 bridgehead atoms. The molecule has 4 rings (SSSR count). The second kappa shape index (κ2) is 8.33. The summed E-state index contributed by atoms with van der Waals surface area (Å²) in [6.45, 7) is 2.52. The van der Waals surface area contributed by atoms with Crippen molar-refractivity contribution in [2.75, 3.05) is 0 Å². The molecule has 4 aromatic rings. The molecule has 0 unspecified atom stereocenters. The number of nitrogens with one attached hydrogen (secondary N) is 2. The Balaban J connectivity index is 1.48. The van der Waals surface area contributed by atoms with Crippen molar-refractivity contribution in [2.45, 2.75) is 24.9 Å². The highest BCUT2D eigenvalue weighted by molar-refractivity contribution is 7.89. The Morgan fingerprint density at radius 2 is 1.81 bits per heavy atom. The Hall–Kier alpha value is -3.49. The smallest absolute Gasteiger partial charge is 0.240 e. The maximum Gasteiger partial charge on any atom is 0.240 e. The average Bonchev–Trinajstić information content (AvgIpc) is 3.11. The molecule has 31 heavy (non-hydrogen) atoms. The molecular weight excluding hydrogens is 410 g/mol. The number of fused-ring (bicyclic) bond motifs is 1. The molecule has 0 aliphatic heterocycles. The second-order valence-electron chi connectivity index (χ2n) is 7.38. The zero-order valence-corrected chi connectivity index (χ0v) is 17.9. The molecule has 0 aliphatic carbocycles. The quantitative estimate of drug-likeness (QED) is 0.307. The lowest BCUT2D eigenvalue weighted by atomic mass is 10.1.